The van der Waals surface area contributed by atoms with Gasteiger partial charge in [0, 0.05) is 5.56 Å². The van der Waals surface area contributed by atoms with Crippen molar-refractivity contribution in [3.8, 4) is 0 Å². The van der Waals surface area contributed by atoms with E-state index < -0.39 is 0 Å². The highest BCUT2D eigenvalue weighted by Gasteiger charge is 2.16. The summed E-state index contributed by atoms with van der Waals surface area (Å²) in [6, 6.07) is 12.6. The van der Waals surface area contributed by atoms with Gasteiger partial charge >= 0.3 is 0 Å². The molecule has 0 unspecified atom stereocenters. The Balaban J connectivity index is 2.16. The minimum Gasteiger partial charge on any atom is -0.346 e. The summed E-state index contributed by atoms with van der Waals surface area (Å²) in [6.45, 7) is 14.7. The molecule has 0 aliphatic carbocycles. The lowest BCUT2D eigenvalue weighted by molar-refractivity contribution is 0.0939. The molecule has 24 heavy (non-hydrogen) atoms. The number of carbonyl (C=O) groups excluding carboxylic acids is 1. The van der Waals surface area contributed by atoms with Crippen LogP contribution in [0.5, 0.6) is 0 Å². The van der Waals surface area contributed by atoms with Crippen LogP contribution in [-0.4, -0.2) is 5.91 Å². The molecule has 1 N–H and O–H groups in total. The fourth-order valence-electron chi connectivity index (χ4n) is 2.83. The van der Waals surface area contributed by atoms with Crippen molar-refractivity contribution < 1.29 is 4.79 Å². The Hall–Kier alpha value is -2.09. The number of hydrogen-bond donors (Lipinski definition) is 1. The van der Waals surface area contributed by atoms with Crippen molar-refractivity contribution >= 4 is 5.91 Å². The highest BCUT2D eigenvalue weighted by Crippen LogP contribution is 2.24. The van der Waals surface area contributed by atoms with E-state index in [4.69, 9.17) is 0 Å². The maximum Gasteiger partial charge on any atom is 0.252 e. The first kappa shape index (κ1) is 18.3. The number of aryl methyl sites for hydroxylation is 3. The largest absolute Gasteiger partial charge is 0.346 e. The van der Waals surface area contributed by atoms with Gasteiger partial charge in [-0.1, -0.05) is 51.1 Å². The minimum absolute atomic E-state index is 0.0111. The van der Waals surface area contributed by atoms with E-state index in [1.165, 1.54) is 11.1 Å². The van der Waals surface area contributed by atoms with Crippen molar-refractivity contribution in [2.75, 3.05) is 0 Å². The van der Waals surface area contributed by atoms with Gasteiger partial charge in [0.2, 0.25) is 0 Å². The van der Waals surface area contributed by atoms with Crippen molar-refractivity contribution in [1.82, 2.24) is 5.32 Å². The fourth-order valence-corrected chi connectivity index (χ4v) is 2.83. The van der Waals surface area contributed by atoms with E-state index in [1.54, 1.807) is 0 Å². The molecule has 0 saturated heterocycles. The summed E-state index contributed by atoms with van der Waals surface area (Å²) in [7, 11) is 0. The number of hydrogen-bond acceptors (Lipinski definition) is 1. The van der Waals surface area contributed by atoms with Crippen LogP contribution in [0.25, 0.3) is 0 Å². The van der Waals surface area contributed by atoms with E-state index in [1.807, 2.05) is 26.8 Å². The Bertz CT molecular complexity index is 736. The lowest BCUT2D eigenvalue weighted by atomic mass is 9.86. The zero-order valence-corrected chi connectivity index (χ0v) is 15.9. The topological polar surface area (TPSA) is 29.1 Å². The molecule has 2 heteroatoms. The molecule has 0 spiro atoms. The van der Waals surface area contributed by atoms with E-state index in [0.29, 0.717) is 0 Å². The lowest BCUT2D eigenvalue weighted by Crippen LogP contribution is -2.27. The van der Waals surface area contributed by atoms with Crippen LogP contribution in [0, 0.1) is 20.8 Å². The second-order valence-electron chi connectivity index (χ2n) is 7.82. The van der Waals surface area contributed by atoms with Crippen molar-refractivity contribution in [2.24, 2.45) is 0 Å². The highest BCUT2D eigenvalue weighted by atomic mass is 16.1. The van der Waals surface area contributed by atoms with Gasteiger partial charge < -0.3 is 5.32 Å². The third kappa shape index (κ3) is 4.05. The third-order valence-electron chi connectivity index (χ3n) is 4.71. The molecule has 0 fully saturated rings. The van der Waals surface area contributed by atoms with Crippen LogP contribution in [0.15, 0.2) is 36.4 Å². The molecule has 0 aliphatic heterocycles. The summed E-state index contributed by atoms with van der Waals surface area (Å²) in [4.78, 5) is 12.6. The van der Waals surface area contributed by atoms with Gasteiger partial charge in [-0.15, -0.1) is 0 Å². The number of nitrogens with one attached hydrogen (secondary N) is 1. The average molecular weight is 323 g/mol. The molecule has 0 aromatic heterocycles. The van der Waals surface area contributed by atoms with Crippen LogP contribution in [0.3, 0.4) is 0 Å². The van der Waals surface area contributed by atoms with Gasteiger partial charge in [0.15, 0.2) is 0 Å². The molecular weight excluding hydrogens is 294 g/mol. The van der Waals surface area contributed by atoms with Crippen LogP contribution in [0.4, 0.5) is 0 Å². The van der Waals surface area contributed by atoms with Gasteiger partial charge in [-0.05, 0) is 67.0 Å². The summed E-state index contributed by atoms with van der Waals surface area (Å²) >= 11 is 0. The molecule has 2 rings (SSSR count). The van der Waals surface area contributed by atoms with Crippen LogP contribution < -0.4 is 5.32 Å². The van der Waals surface area contributed by atoms with E-state index in [2.05, 4.69) is 63.3 Å². The Morgan fingerprint density at radius 3 is 2.00 bits per heavy atom. The molecule has 0 aliphatic rings. The summed E-state index contributed by atoms with van der Waals surface area (Å²) in [6.07, 6.45) is 0. The first-order valence-electron chi connectivity index (χ1n) is 8.58. The summed E-state index contributed by atoms with van der Waals surface area (Å²) in [5, 5.41) is 3.12. The standard InChI is InChI=1S/C22H29NO/c1-14-12-16(3)20(13-15(14)2)21(24)23-17(4)18-8-10-19(11-9-18)22(5,6)7/h8-13,17H,1-7H3,(H,23,24)/t17-/m0/s1. The quantitative estimate of drug-likeness (QED) is 0.805. The molecule has 1 amide bonds. The Kier molecular flexibility index (Phi) is 5.17. The highest BCUT2D eigenvalue weighted by molar-refractivity contribution is 5.96. The molecule has 0 bridgehead atoms. The predicted octanol–water partition coefficient (Wildman–Crippen LogP) is 5.40. The maximum atomic E-state index is 12.6. The van der Waals surface area contributed by atoms with Gasteiger partial charge in [0.25, 0.3) is 5.91 Å². The van der Waals surface area contributed by atoms with Crippen molar-refractivity contribution in [2.45, 2.75) is 59.9 Å². The number of rotatable bonds is 3. The molecule has 1 atom stereocenters. The van der Waals surface area contributed by atoms with Crippen LogP contribution in [-0.2, 0) is 5.41 Å². The van der Waals surface area contributed by atoms with Gasteiger partial charge in [0.05, 0.1) is 6.04 Å². The lowest BCUT2D eigenvalue weighted by Gasteiger charge is -2.21. The molecule has 128 valence electrons. The van der Waals surface area contributed by atoms with Gasteiger partial charge in [-0.3, -0.25) is 4.79 Å². The van der Waals surface area contributed by atoms with Gasteiger partial charge in [-0.25, -0.2) is 0 Å². The normalized spacial score (nSPS) is 12.8. The average Bonchev–Trinajstić information content (AvgIpc) is 2.50. The molecule has 0 saturated carbocycles. The van der Waals surface area contributed by atoms with E-state index >= 15 is 0 Å². The Morgan fingerprint density at radius 1 is 0.917 bits per heavy atom. The SMILES string of the molecule is Cc1cc(C)c(C(=O)N[C@@H](C)c2ccc(C(C)(C)C)cc2)cc1C. The van der Waals surface area contributed by atoms with Crippen LogP contribution in [0.1, 0.15) is 71.9 Å². The number of amides is 1. The van der Waals surface area contributed by atoms with Gasteiger partial charge in [-0.2, -0.15) is 0 Å². The van der Waals surface area contributed by atoms with Crippen molar-refractivity contribution in [3.63, 3.8) is 0 Å². The predicted molar refractivity (Wildman–Crippen MR) is 102 cm³/mol. The summed E-state index contributed by atoms with van der Waals surface area (Å²) in [5.41, 5.74) is 6.71. The number of carbonyl (C=O) groups is 1. The van der Waals surface area contributed by atoms with E-state index in [0.717, 1.165) is 22.3 Å². The smallest absolute Gasteiger partial charge is 0.252 e. The van der Waals surface area contributed by atoms with Crippen LogP contribution in [0.2, 0.25) is 0 Å². The van der Waals surface area contributed by atoms with E-state index in [9.17, 15) is 4.79 Å². The van der Waals surface area contributed by atoms with Crippen molar-refractivity contribution in [3.05, 3.63) is 69.8 Å². The van der Waals surface area contributed by atoms with Crippen LogP contribution >= 0.6 is 0 Å². The first-order chi connectivity index (χ1) is 11.1. The zero-order chi connectivity index (χ0) is 18.1. The molecule has 0 radical (unpaired) electrons. The second kappa shape index (κ2) is 6.80. The monoisotopic (exact) mass is 323 g/mol. The van der Waals surface area contributed by atoms with Crippen molar-refractivity contribution in [1.29, 1.82) is 0 Å². The fraction of sp³-hybridized carbons (Fsp3) is 0.409. The molecule has 2 aromatic carbocycles. The van der Waals surface area contributed by atoms with E-state index in [-0.39, 0.29) is 17.4 Å². The summed E-state index contributed by atoms with van der Waals surface area (Å²) < 4.78 is 0. The Labute approximate surface area is 146 Å². The summed E-state index contributed by atoms with van der Waals surface area (Å²) in [5.74, 6) is -0.0111. The van der Waals surface area contributed by atoms with Gasteiger partial charge in [0.1, 0.15) is 0 Å². The first-order valence-corrected chi connectivity index (χ1v) is 8.58. The zero-order valence-electron chi connectivity index (χ0n) is 15.9. The molecule has 0 heterocycles. The third-order valence-corrected chi connectivity index (χ3v) is 4.71. The maximum absolute atomic E-state index is 12.6. The second-order valence-corrected chi connectivity index (χ2v) is 7.82. The minimum atomic E-state index is -0.0208. The number of benzene rings is 2. The molecule has 2 aromatic rings. The Morgan fingerprint density at radius 2 is 1.46 bits per heavy atom. The molecule has 2 nitrogen and oxygen atoms in total. The molecular formula is C22H29NO.